The highest BCUT2D eigenvalue weighted by molar-refractivity contribution is 7.98. The van der Waals surface area contributed by atoms with Gasteiger partial charge in [-0.2, -0.15) is 0 Å². The first-order valence-electron chi connectivity index (χ1n) is 5.27. The molecule has 0 spiro atoms. The largest absolute Gasteiger partial charge is 0.484 e. The summed E-state index contributed by atoms with van der Waals surface area (Å²) in [5.74, 6) is 0.246. The predicted octanol–water partition coefficient (Wildman–Crippen LogP) is 3.28. The minimum Gasteiger partial charge on any atom is -0.484 e. The summed E-state index contributed by atoms with van der Waals surface area (Å²) in [5.41, 5.74) is 0.131. The standard InChI is InChI=1S/C13H12O4S/c1-18-12-5-3-2-4-11(12)17-8-10-6-9(7-16-10)13(14)15/h2-7H,8H2,1H3,(H,14,15). The van der Waals surface area contributed by atoms with Crippen LogP contribution in [0.25, 0.3) is 0 Å². The number of hydrogen-bond donors (Lipinski definition) is 1. The number of aromatic carboxylic acids is 1. The van der Waals surface area contributed by atoms with Gasteiger partial charge in [-0.25, -0.2) is 4.79 Å². The van der Waals surface area contributed by atoms with Crippen LogP contribution in [0, 0.1) is 0 Å². The van der Waals surface area contributed by atoms with E-state index in [0.29, 0.717) is 5.76 Å². The lowest BCUT2D eigenvalue weighted by atomic mass is 10.3. The summed E-state index contributed by atoms with van der Waals surface area (Å²) < 4.78 is 10.7. The van der Waals surface area contributed by atoms with Crippen LogP contribution in [-0.2, 0) is 6.61 Å². The monoisotopic (exact) mass is 264 g/mol. The lowest BCUT2D eigenvalue weighted by Gasteiger charge is -2.07. The van der Waals surface area contributed by atoms with Gasteiger partial charge in [0.05, 0.1) is 5.56 Å². The first-order valence-corrected chi connectivity index (χ1v) is 6.49. The summed E-state index contributed by atoms with van der Waals surface area (Å²) in [6.07, 6.45) is 3.18. The van der Waals surface area contributed by atoms with Crippen molar-refractivity contribution >= 4 is 17.7 Å². The molecule has 0 aliphatic rings. The molecule has 5 heteroatoms. The van der Waals surface area contributed by atoms with Crippen molar-refractivity contribution in [3.05, 3.63) is 47.9 Å². The Morgan fingerprint density at radius 2 is 2.22 bits per heavy atom. The van der Waals surface area contributed by atoms with Crippen LogP contribution in [0.1, 0.15) is 16.1 Å². The molecule has 0 radical (unpaired) electrons. The zero-order valence-corrected chi connectivity index (χ0v) is 10.6. The SMILES string of the molecule is CSc1ccccc1OCc1cc(C(=O)O)co1. The van der Waals surface area contributed by atoms with E-state index in [4.69, 9.17) is 14.3 Å². The van der Waals surface area contributed by atoms with Gasteiger partial charge in [-0.05, 0) is 24.5 Å². The van der Waals surface area contributed by atoms with Crippen LogP contribution in [0.4, 0.5) is 0 Å². The molecule has 0 fully saturated rings. The number of ether oxygens (including phenoxy) is 1. The van der Waals surface area contributed by atoms with E-state index in [2.05, 4.69) is 0 Å². The molecule has 4 nitrogen and oxygen atoms in total. The van der Waals surface area contributed by atoms with E-state index in [9.17, 15) is 4.79 Å². The fourth-order valence-corrected chi connectivity index (χ4v) is 2.00. The van der Waals surface area contributed by atoms with Gasteiger partial charge in [-0.1, -0.05) is 12.1 Å². The summed E-state index contributed by atoms with van der Waals surface area (Å²) in [7, 11) is 0. The van der Waals surface area contributed by atoms with E-state index in [1.165, 1.54) is 12.3 Å². The molecule has 1 N–H and O–H groups in total. The predicted molar refractivity (Wildman–Crippen MR) is 68.2 cm³/mol. The van der Waals surface area contributed by atoms with Crippen LogP contribution >= 0.6 is 11.8 Å². The van der Waals surface area contributed by atoms with Crippen LogP contribution < -0.4 is 4.74 Å². The fraction of sp³-hybridized carbons (Fsp3) is 0.154. The van der Waals surface area contributed by atoms with Gasteiger partial charge < -0.3 is 14.3 Å². The molecule has 0 bridgehead atoms. The molecule has 1 heterocycles. The smallest absolute Gasteiger partial charge is 0.338 e. The van der Waals surface area contributed by atoms with Crippen LogP contribution in [-0.4, -0.2) is 17.3 Å². The Labute approximate surface area is 109 Å². The Balaban J connectivity index is 2.04. The van der Waals surface area contributed by atoms with Crippen molar-refractivity contribution in [1.29, 1.82) is 0 Å². The van der Waals surface area contributed by atoms with Gasteiger partial charge in [0, 0.05) is 4.90 Å². The average molecular weight is 264 g/mol. The second-order valence-corrected chi connectivity index (χ2v) is 4.39. The summed E-state index contributed by atoms with van der Waals surface area (Å²) in [5, 5.41) is 8.76. The number of thioether (sulfide) groups is 1. The molecule has 18 heavy (non-hydrogen) atoms. The molecule has 2 rings (SSSR count). The molecule has 0 unspecified atom stereocenters. The van der Waals surface area contributed by atoms with E-state index in [-0.39, 0.29) is 12.2 Å². The zero-order valence-electron chi connectivity index (χ0n) is 9.75. The van der Waals surface area contributed by atoms with Crippen molar-refractivity contribution in [2.24, 2.45) is 0 Å². The number of para-hydroxylation sites is 1. The molecule has 0 amide bonds. The number of carboxylic acid groups (broad SMARTS) is 1. The van der Waals surface area contributed by atoms with Gasteiger partial charge in [0.2, 0.25) is 0 Å². The van der Waals surface area contributed by atoms with Gasteiger partial charge >= 0.3 is 5.97 Å². The molecule has 0 saturated heterocycles. The summed E-state index contributed by atoms with van der Waals surface area (Å²) in [6.45, 7) is 0.213. The van der Waals surface area contributed by atoms with E-state index in [1.807, 2.05) is 30.5 Å². The summed E-state index contributed by atoms with van der Waals surface area (Å²) in [6, 6.07) is 9.12. The highest BCUT2D eigenvalue weighted by atomic mass is 32.2. The average Bonchev–Trinajstić information content (AvgIpc) is 2.85. The van der Waals surface area contributed by atoms with E-state index in [0.717, 1.165) is 10.6 Å². The molecule has 1 aromatic carbocycles. The van der Waals surface area contributed by atoms with Crippen molar-refractivity contribution in [2.45, 2.75) is 11.5 Å². The van der Waals surface area contributed by atoms with E-state index >= 15 is 0 Å². The van der Waals surface area contributed by atoms with Crippen molar-refractivity contribution in [1.82, 2.24) is 0 Å². The number of carbonyl (C=O) groups is 1. The molecule has 1 aromatic heterocycles. The highest BCUT2D eigenvalue weighted by Crippen LogP contribution is 2.27. The summed E-state index contributed by atoms with van der Waals surface area (Å²) in [4.78, 5) is 11.7. The van der Waals surface area contributed by atoms with Gasteiger partial charge in [0.25, 0.3) is 0 Å². The molecular weight excluding hydrogens is 252 g/mol. The minimum atomic E-state index is -1.01. The fourth-order valence-electron chi connectivity index (χ4n) is 1.46. The molecule has 0 atom stereocenters. The minimum absolute atomic E-state index is 0.131. The molecular formula is C13H12O4S. The third kappa shape index (κ3) is 2.87. The van der Waals surface area contributed by atoms with Crippen molar-refractivity contribution in [3.63, 3.8) is 0 Å². The van der Waals surface area contributed by atoms with Crippen molar-refractivity contribution in [3.8, 4) is 5.75 Å². The lowest BCUT2D eigenvalue weighted by molar-refractivity contribution is 0.0696. The second kappa shape index (κ2) is 5.64. The van der Waals surface area contributed by atoms with E-state index < -0.39 is 5.97 Å². The molecule has 2 aromatic rings. The first-order chi connectivity index (χ1) is 8.70. The Morgan fingerprint density at radius 3 is 2.89 bits per heavy atom. The number of rotatable bonds is 5. The number of carboxylic acids is 1. The molecule has 0 aliphatic heterocycles. The number of benzene rings is 1. The number of furan rings is 1. The highest BCUT2D eigenvalue weighted by Gasteiger charge is 2.09. The van der Waals surface area contributed by atoms with Crippen LogP contribution in [0.2, 0.25) is 0 Å². The third-order valence-electron chi connectivity index (χ3n) is 2.34. The lowest BCUT2D eigenvalue weighted by Crippen LogP contribution is -1.96. The van der Waals surface area contributed by atoms with Crippen LogP contribution in [0.15, 0.2) is 45.9 Å². The Morgan fingerprint density at radius 1 is 1.44 bits per heavy atom. The quantitative estimate of drug-likeness (QED) is 0.840. The third-order valence-corrected chi connectivity index (χ3v) is 3.12. The molecule has 0 aliphatic carbocycles. The number of hydrogen-bond acceptors (Lipinski definition) is 4. The molecule has 0 saturated carbocycles. The topological polar surface area (TPSA) is 59.7 Å². The maximum absolute atomic E-state index is 10.7. The van der Waals surface area contributed by atoms with Crippen molar-refractivity contribution in [2.75, 3.05) is 6.26 Å². The second-order valence-electron chi connectivity index (χ2n) is 3.55. The van der Waals surface area contributed by atoms with Gasteiger partial charge in [-0.15, -0.1) is 11.8 Å². The molecule has 94 valence electrons. The normalized spacial score (nSPS) is 10.3. The van der Waals surface area contributed by atoms with Gasteiger partial charge in [-0.3, -0.25) is 0 Å². The Bertz CT molecular complexity index is 547. The first kappa shape index (κ1) is 12.6. The van der Waals surface area contributed by atoms with Crippen LogP contribution in [0.5, 0.6) is 5.75 Å². The Hall–Kier alpha value is -1.88. The van der Waals surface area contributed by atoms with E-state index in [1.54, 1.807) is 11.8 Å². The zero-order chi connectivity index (χ0) is 13.0. The maximum atomic E-state index is 10.7. The van der Waals surface area contributed by atoms with Crippen LogP contribution in [0.3, 0.4) is 0 Å². The van der Waals surface area contributed by atoms with Gasteiger partial charge in [0.15, 0.2) is 0 Å². The summed E-state index contributed by atoms with van der Waals surface area (Å²) >= 11 is 1.59. The van der Waals surface area contributed by atoms with Crippen molar-refractivity contribution < 1.29 is 19.1 Å². The maximum Gasteiger partial charge on any atom is 0.338 e. The Kier molecular flexibility index (Phi) is 3.94. The van der Waals surface area contributed by atoms with Gasteiger partial charge in [0.1, 0.15) is 24.4 Å².